The number of carbonyl (C=O) groups excluding carboxylic acids is 3. The molecule has 3 aliphatic heterocycles. The molecular weight excluding hydrogens is 774 g/mol. The maximum absolute atomic E-state index is 14.8. The van der Waals surface area contributed by atoms with Gasteiger partial charge in [-0.3, -0.25) is 24.5 Å². The highest BCUT2D eigenvalue weighted by Gasteiger charge is 2.30. The van der Waals surface area contributed by atoms with Gasteiger partial charge in [-0.2, -0.15) is 10.4 Å². The maximum Gasteiger partial charge on any atom is 0.328 e. The molecule has 4 aromatic rings. The number of hydrogen-bond donors (Lipinski definition) is 2. The number of nitrogens with one attached hydrogen (secondary N) is 2. The predicted octanol–water partition coefficient (Wildman–Crippen LogP) is 6.03. The second kappa shape index (κ2) is 17.6. The van der Waals surface area contributed by atoms with E-state index in [1.807, 2.05) is 4.68 Å². The van der Waals surface area contributed by atoms with E-state index in [0.717, 1.165) is 89.9 Å². The Hall–Kier alpha value is -5.04. The summed E-state index contributed by atoms with van der Waals surface area (Å²) in [5, 5.41) is 20.2. The lowest BCUT2D eigenvalue weighted by Gasteiger charge is -2.38. The van der Waals surface area contributed by atoms with Crippen LogP contribution in [0.2, 0.25) is 5.02 Å². The minimum Gasteiger partial charge on any atom is -0.490 e. The van der Waals surface area contributed by atoms with Crippen LogP contribution in [0.5, 0.6) is 5.75 Å². The molecule has 4 aliphatic rings. The topological polar surface area (TPSA) is 162 Å². The smallest absolute Gasteiger partial charge is 0.328 e. The third-order valence-corrected chi connectivity index (χ3v) is 11.9. The third kappa shape index (κ3) is 9.08. The van der Waals surface area contributed by atoms with Gasteiger partial charge in [0.25, 0.3) is 5.91 Å². The van der Waals surface area contributed by atoms with Crippen molar-refractivity contribution in [3.8, 4) is 11.8 Å². The number of benzene rings is 2. The number of hydrogen-bond acceptors (Lipinski definition) is 10. The molecule has 57 heavy (non-hydrogen) atoms. The molecular formula is C40H45Cl2FN10O4. The number of anilines is 2. The van der Waals surface area contributed by atoms with Gasteiger partial charge in [-0.15, -0.1) is 12.4 Å². The average Bonchev–Trinajstić information content (AvgIpc) is 3.63. The molecule has 1 saturated carbocycles. The van der Waals surface area contributed by atoms with Crippen molar-refractivity contribution in [2.24, 2.45) is 5.92 Å². The number of imide groups is 1. The van der Waals surface area contributed by atoms with E-state index in [0.29, 0.717) is 44.5 Å². The average molecular weight is 820 g/mol. The van der Waals surface area contributed by atoms with Gasteiger partial charge in [0.1, 0.15) is 29.1 Å². The van der Waals surface area contributed by atoms with Crippen molar-refractivity contribution in [1.82, 2.24) is 35.3 Å². The van der Waals surface area contributed by atoms with E-state index >= 15 is 0 Å². The Morgan fingerprint density at radius 1 is 0.965 bits per heavy atom. The second-order valence-electron chi connectivity index (χ2n) is 15.2. The van der Waals surface area contributed by atoms with Gasteiger partial charge in [0, 0.05) is 63.2 Å². The lowest BCUT2D eigenvalue weighted by molar-refractivity contribution is -0.120. The van der Waals surface area contributed by atoms with E-state index in [4.69, 9.17) is 21.6 Å². The number of nitrogens with zero attached hydrogens (tertiary/aromatic N) is 8. The van der Waals surface area contributed by atoms with Gasteiger partial charge in [0.2, 0.25) is 5.91 Å². The first-order valence-electron chi connectivity index (χ1n) is 19.5. The van der Waals surface area contributed by atoms with Crippen LogP contribution in [0, 0.1) is 23.1 Å². The van der Waals surface area contributed by atoms with Crippen molar-refractivity contribution < 1.29 is 23.5 Å². The Balaban J connectivity index is 0.00000496. The number of urea groups is 1. The number of aromatic nitrogens is 4. The van der Waals surface area contributed by atoms with Crippen LogP contribution in [0.25, 0.3) is 10.9 Å². The Kier molecular flexibility index (Phi) is 12.4. The zero-order valence-corrected chi connectivity index (χ0v) is 33.0. The fourth-order valence-corrected chi connectivity index (χ4v) is 8.71. The van der Waals surface area contributed by atoms with Crippen LogP contribution in [-0.4, -0.2) is 93.9 Å². The van der Waals surface area contributed by atoms with Gasteiger partial charge >= 0.3 is 6.03 Å². The van der Waals surface area contributed by atoms with Crippen LogP contribution >= 0.6 is 24.0 Å². The Labute approximate surface area is 341 Å². The number of amides is 4. The quantitative estimate of drug-likeness (QED) is 0.204. The van der Waals surface area contributed by atoms with Crippen LogP contribution in [-0.2, 0) is 4.79 Å². The molecule has 3 saturated heterocycles. The van der Waals surface area contributed by atoms with E-state index in [9.17, 15) is 18.8 Å². The highest BCUT2D eigenvalue weighted by molar-refractivity contribution is 6.31. The Bertz CT molecular complexity index is 2140. The SMILES string of the molecule is Cl.N#Cc1ccc(OC2CCC(NC(=O)c3cnc(N4CCC(CN5CCC(n6ncc7c(N8CCC(=O)NC8=O)cc(F)cc76)CC5)CC4)cn3)CC2)cc1Cl. The Morgan fingerprint density at radius 3 is 2.42 bits per heavy atom. The predicted molar refractivity (Wildman–Crippen MR) is 214 cm³/mol. The maximum atomic E-state index is 14.8. The number of fused-ring (bicyclic) bond motifs is 1. The van der Waals surface area contributed by atoms with Crippen molar-refractivity contribution in [1.29, 1.82) is 5.26 Å². The number of likely N-dealkylation sites (tertiary alicyclic amines) is 1. The number of rotatable bonds is 9. The van der Waals surface area contributed by atoms with E-state index in [2.05, 4.69) is 41.6 Å². The summed E-state index contributed by atoms with van der Waals surface area (Å²) >= 11 is 6.14. The largest absolute Gasteiger partial charge is 0.490 e. The van der Waals surface area contributed by atoms with Gasteiger partial charge in [-0.05, 0) is 81.5 Å². The van der Waals surface area contributed by atoms with E-state index in [1.165, 1.54) is 17.0 Å². The minimum atomic E-state index is -0.544. The standard InChI is InChI=1S/C40H44ClFN10O4.ClH/c41-33-19-31(4-1-26(33)20-43)56-30-5-2-28(3-6-30)47-39(54)34-22-45-37(23-44-34)50-14-7-25(8-15-50)24-49-12-9-29(10-13-49)52-36-18-27(42)17-35(32(36)21-46-52)51-16-11-38(53)48-40(51)55;/h1,4,17-19,21-23,25,28-30H,2-3,5-16,24H2,(H,47,54)(H,48,53,55);1H. The molecule has 300 valence electrons. The van der Waals surface area contributed by atoms with E-state index in [1.54, 1.807) is 36.8 Å². The van der Waals surface area contributed by atoms with E-state index in [-0.39, 0.29) is 55.4 Å². The van der Waals surface area contributed by atoms with Crippen molar-refractivity contribution in [3.05, 3.63) is 71.0 Å². The first-order chi connectivity index (χ1) is 27.2. The molecule has 0 unspecified atom stereocenters. The molecule has 17 heteroatoms. The van der Waals surface area contributed by atoms with Gasteiger partial charge < -0.3 is 19.9 Å². The number of piperidine rings is 2. The van der Waals surface area contributed by atoms with Gasteiger partial charge in [-0.1, -0.05) is 11.6 Å². The molecule has 5 heterocycles. The summed E-state index contributed by atoms with van der Waals surface area (Å²) in [6.45, 7) is 4.80. The molecule has 0 radical (unpaired) electrons. The minimum absolute atomic E-state index is 0. The van der Waals surface area contributed by atoms with Crippen molar-refractivity contribution >= 4 is 64.3 Å². The number of carbonyl (C=O) groups is 3. The Morgan fingerprint density at radius 2 is 1.74 bits per heavy atom. The summed E-state index contributed by atoms with van der Waals surface area (Å²) in [4.78, 5) is 52.4. The number of halogens is 3. The summed E-state index contributed by atoms with van der Waals surface area (Å²) in [7, 11) is 0. The van der Waals surface area contributed by atoms with Crippen LogP contribution in [0.4, 0.5) is 20.7 Å². The van der Waals surface area contributed by atoms with Crippen LogP contribution in [0.3, 0.4) is 0 Å². The highest BCUT2D eigenvalue weighted by Crippen LogP contribution is 2.34. The number of ether oxygens (including phenoxy) is 1. The lowest BCUT2D eigenvalue weighted by atomic mass is 9.93. The zero-order valence-electron chi connectivity index (χ0n) is 31.4. The highest BCUT2D eigenvalue weighted by atomic mass is 35.5. The van der Waals surface area contributed by atoms with Gasteiger partial charge in [-0.25, -0.2) is 19.2 Å². The lowest BCUT2D eigenvalue weighted by Crippen LogP contribution is -2.49. The van der Waals surface area contributed by atoms with Crippen LogP contribution in [0.15, 0.2) is 48.9 Å². The summed E-state index contributed by atoms with van der Waals surface area (Å²) < 4.78 is 22.8. The van der Waals surface area contributed by atoms with Crippen LogP contribution < -0.4 is 25.2 Å². The molecule has 2 aromatic heterocycles. The third-order valence-electron chi connectivity index (χ3n) is 11.6. The normalized spacial score (nSPS) is 21.1. The molecule has 8 rings (SSSR count). The molecule has 1 aliphatic carbocycles. The number of nitriles is 1. The van der Waals surface area contributed by atoms with Crippen molar-refractivity contribution in [3.63, 3.8) is 0 Å². The van der Waals surface area contributed by atoms with Gasteiger partial charge in [0.15, 0.2) is 0 Å². The first-order valence-corrected chi connectivity index (χ1v) is 19.8. The summed E-state index contributed by atoms with van der Waals surface area (Å²) in [5.74, 6) is 0.984. The molecule has 4 fully saturated rings. The second-order valence-corrected chi connectivity index (χ2v) is 15.6. The van der Waals surface area contributed by atoms with Crippen molar-refractivity contribution in [2.45, 2.75) is 76.0 Å². The fraction of sp³-hybridized carbons (Fsp3) is 0.475. The molecule has 14 nitrogen and oxygen atoms in total. The monoisotopic (exact) mass is 818 g/mol. The first kappa shape index (κ1) is 40.2. The van der Waals surface area contributed by atoms with Gasteiger partial charge in [0.05, 0.1) is 52.5 Å². The molecule has 2 N–H and O–H groups in total. The molecule has 0 bridgehead atoms. The van der Waals surface area contributed by atoms with E-state index < -0.39 is 11.8 Å². The molecule has 2 aromatic carbocycles. The zero-order chi connectivity index (χ0) is 38.8. The van der Waals surface area contributed by atoms with Crippen molar-refractivity contribution in [2.75, 3.05) is 49.1 Å². The molecule has 0 spiro atoms. The molecule has 4 amide bonds. The van der Waals surface area contributed by atoms with Crippen LogP contribution in [0.1, 0.15) is 79.9 Å². The molecule has 0 atom stereocenters. The summed E-state index contributed by atoms with van der Waals surface area (Å²) in [6.07, 6.45) is 12.2. The summed E-state index contributed by atoms with van der Waals surface area (Å²) in [6, 6.07) is 9.57. The fourth-order valence-electron chi connectivity index (χ4n) is 8.50. The summed E-state index contributed by atoms with van der Waals surface area (Å²) in [5.41, 5.74) is 1.81.